The normalized spacial score (nSPS) is 17.3. The third-order valence-electron chi connectivity index (χ3n) is 5.90. The van der Waals surface area contributed by atoms with E-state index in [9.17, 15) is 23.9 Å². The molecule has 0 atom stereocenters. The molecule has 3 aromatic rings. The summed E-state index contributed by atoms with van der Waals surface area (Å²) in [6, 6.07) is 1.21. The summed E-state index contributed by atoms with van der Waals surface area (Å²) in [5.41, 5.74) is -0.531. The zero-order chi connectivity index (χ0) is 21.7. The lowest BCUT2D eigenvalue weighted by molar-refractivity contribution is 0.0694. The molecule has 0 bridgehead atoms. The summed E-state index contributed by atoms with van der Waals surface area (Å²) in [4.78, 5) is 41.1. The summed E-state index contributed by atoms with van der Waals surface area (Å²) in [7, 11) is 0. The molecule has 0 radical (unpaired) electrons. The number of fused-ring (bicyclic) bond motifs is 1. The van der Waals surface area contributed by atoms with Crippen molar-refractivity contribution in [1.29, 1.82) is 0 Å². The van der Waals surface area contributed by atoms with Gasteiger partial charge in [0.05, 0.1) is 17.6 Å². The average molecular weight is 426 g/mol. The van der Waals surface area contributed by atoms with E-state index >= 15 is 0 Å². The number of aromatic carboxylic acids is 1. The van der Waals surface area contributed by atoms with Crippen molar-refractivity contribution in [1.82, 2.24) is 24.5 Å². The lowest BCUT2D eigenvalue weighted by atomic mass is 10.1. The summed E-state index contributed by atoms with van der Waals surface area (Å²) in [5.74, 6) is -1.84. The number of carboxylic acid groups (broad SMARTS) is 1. The molecule has 1 aliphatic heterocycles. The molecule has 0 unspecified atom stereocenters. The van der Waals surface area contributed by atoms with Crippen LogP contribution in [0.5, 0.6) is 0 Å². The summed E-state index contributed by atoms with van der Waals surface area (Å²) in [6.45, 7) is 1.02. The maximum absolute atomic E-state index is 15.0. The minimum atomic E-state index is -1.33. The fraction of sp³-hybridized carbons (Fsp3) is 0.400. The number of piperidine rings is 1. The zero-order valence-electron chi connectivity index (χ0n) is 16.4. The highest BCUT2D eigenvalue weighted by atomic mass is 19.1. The van der Waals surface area contributed by atoms with E-state index in [0.717, 1.165) is 18.9 Å². The third kappa shape index (κ3) is 3.35. The minimum Gasteiger partial charge on any atom is -0.477 e. The van der Waals surface area contributed by atoms with Crippen molar-refractivity contribution < 1.29 is 19.1 Å². The summed E-state index contributed by atoms with van der Waals surface area (Å²) < 4.78 is 18.3. The standard InChI is InChI=1S/C20H19FN6O4/c21-16-7-14-17(29)15(20(30)31)9-26(12-1-2-12)18(14)22-19(16)25-5-3-13(4-6-25)27-8-11(10-28)23-24-27/h7-10,12-13H,1-6H2,(H,30,31). The van der Waals surface area contributed by atoms with Crippen LogP contribution in [0.4, 0.5) is 10.2 Å². The first-order chi connectivity index (χ1) is 15.0. The predicted molar refractivity (Wildman–Crippen MR) is 107 cm³/mol. The van der Waals surface area contributed by atoms with Gasteiger partial charge in [-0.25, -0.2) is 18.9 Å². The Balaban J connectivity index is 1.48. The Kier molecular flexibility index (Phi) is 4.53. The Morgan fingerprint density at radius 1 is 1.16 bits per heavy atom. The molecule has 31 heavy (non-hydrogen) atoms. The zero-order valence-corrected chi connectivity index (χ0v) is 16.4. The quantitative estimate of drug-likeness (QED) is 0.613. The van der Waals surface area contributed by atoms with Crippen molar-refractivity contribution >= 4 is 29.1 Å². The van der Waals surface area contributed by atoms with E-state index in [1.54, 1.807) is 15.4 Å². The first-order valence-electron chi connectivity index (χ1n) is 10.1. The number of pyridine rings is 2. The first kappa shape index (κ1) is 19.3. The number of nitrogens with zero attached hydrogens (tertiary/aromatic N) is 6. The van der Waals surface area contributed by atoms with Gasteiger partial charge < -0.3 is 14.6 Å². The van der Waals surface area contributed by atoms with E-state index < -0.39 is 17.2 Å². The molecule has 0 amide bonds. The molecule has 0 spiro atoms. The van der Waals surface area contributed by atoms with E-state index in [4.69, 9.17) is 0 Å². The van der Waals surface area contributed by atoms with E-state index in [-0.39, 0.29) is 34.5 Å². The third-order valence-corrected chi connectivity index (χ3v) is 5.90. The highest BCUT2D eigenvalue weighted by molar-refractivity contribution is 5.92. The van der Waals surface area contributed by atoms with Crippen molar-refractivity contribution in [3.8, 4) is 0 Å². The highest BCUT2D eigenvalue weighted by Gasteiger charge is 2.30. The van der Waals surface area contributed by atoms with Gasteiger partial charge in [-0.15, -0.1) is 5.10 Å². The number of hydrogen-bond donors (Lipinski definition) is 1. The number of aromatic nitrogens is 5. The Bertz CT molecular complexity index is 1260. The molecule has 3 aromatic heterocycles. The number of hydrogen-bond acceptors (Lipinski definition) is 7. The minimum absolute atomic E-state index is 0.0213. The number of carbonyl (C=O) groups is 2. The van der Waals surface area contributed by atoms with E-state index in [0.29, 0.717) is 37.9 Å². The number of carboxylic acids is 1. The molecule has 1 N–H and O–H groups in total. The molecular weight excluding hydrogens is 407 g/mol. The molecule has 2 fully saturated rings. The van der Waals surface area contributed by atoms with Gasteiger partial charge in [-0.1, -0.05) is 5.21 Å². The second-order valence-corrected chi connectivity index (χ2v) is 7.94. The average Bonchev–Trinajstić information content (AvgIpc) is 3.50. The largest absolute Gasteiger partial charge is 0.477 e. The Morgan fingerprint density at radius 2 is 1.90 bits per heavy atom. The first-order valence-corrected chi connectivity index (χ1v) is 10.1. The molecule has 4 heterocycles. The molecule has 1 aliphatic carbocycles. The van der Waals surface area contributed by atoms with Gasteiger partial charge in [0.1, 0.15) is 16.9 Å². The number of carbonyl (C=O) groups excluding carboxylic acids is 1. The fourth-order valence-corrected chi connectivity index (χ4v) is 4.11. The fourth-order valence-electron chi connectivity index (χ4n) is 4.11. The molecule has 5 rings (SSSR count). The van der Waals surface area contributed by atoms with Gasteiger partial charge in [0.2, 0.25) is 5.43 Å². The number of rotatable bonds is 5. The van der Waals surface area contributed by atoms with Crippen LogP contribution in [-0.2, 0) is 0 Å². The van der Waals surface area contributed by atoms with Crippen LogP contribution in [0.2, 0.25) is 0 Å². The molecule has 160 valence electrons. The lowest BCUT2D eigenvalue weighted by Crippen LogP contribution is -2.36. The second kappa shape index (κ2) is 7.25. The topological polar surface area (TPSA) is 123 Å². The molecular formula is C20H19FN6O4. The van der Waals surface area contributed by atoms with E-state index in [1.165, 1.54) is 6.20 Å². The van der Waals surface area contributed by atoms with Crippen molar-refractivity contribution in [2.75, 3.05) is 18.0 Å². The van der Waals surface area contributed by atoms with Crippen molar-refractivity contribution in [2.24, 2.45) is 0 Å². The van der Waals surface area contributed by atoms with Crippen LogP contribution in [0.15, 0.2) is 23.3 Å². The Labute approximate surface area is 174 Å². The number of anilines is 1. The molecule has 0 aromatic carbocycles. The number of halogens is 1. The van der Waals surface area contributed by atoms with Crippen molar-refractivity contribution in [2.45, 2.75) is 37.8 Å². The van der Waals surface area contributed by atoms with Gasteiger partial charge in [-0.3, -0.25) is 9.59 Å². The van der Waals surface area contributed by atoms with Crippen LogP contribution in [0, 0.1) is 5.82 Å². The van der Waals surface area contributed by atoms with Crippen LogP contribution in [0.3, 0.4) is 0 Å². The van der Waals surface area contributed by atoms with Crippen molar-refractivity contribution in [3.05, 3.63) is 45.8 Å². The van der Waals surface area contributed by atoms with E-state index in [1.807, 2.05) is 4.90 Å². The van der Waals surface area contributed by atoms with E-state index in [2.05, 4.69) is 15.3 Å². The Morgan fingerprint density at radius 3 is 2.52 bits per heavy atom. The molecule has 11 heteroatoms. The smallest absolute Gasteiger partial charge is 0.341 e. The van der Waals surface area contributed by atoms with Crippen LogP contribution in [-0.4, -0.2) is 55.0 Å². The summed E-state index contributed by atoms with van der Waals surface area (Å²) >= 11 is 0. The molecule has 1 saturated heterocycles. The van der Waals surface area contributed by atoms with Gasteiger partial charge in [-0.2, -0.15) is 0 Å². The number of aldehydes is 1. The molecule has 10 nitrogen and oxygen atoms in total. The summed E-state index contributed by atoms with van der Waals surface area (Å²) in [5, 5.41) is 17.1. The van der Waals surface area contributed by atoms with Gasteiger partial charge >= 0.3 is 5.97 Å². The van der Waals surface area contributed by atoms with Gasteiger partial charge in [0, 0.05) is 25.3 Å². The lowest BCUT2D eigenvalue weighted by Gasteiger charge is -2.33. The monoisotopic (exact) mass is 426 g/mol. The van der Waals surface area contributed by atoms with Crippen LogP contribution >= 0.6 is 0 Å². The van der Waals surface area contributed by atoms with Gasteiger partial charge in [0.25, 0.3) is 0 Å². The molecule has 2 aliphatic rings. The van der Waals surface area contributed by atoms with Crippen LogP contribution in [0.25, 0.3) is 11.0 Å². The predicted octanol–water partition coefficient (Wildman–Crippen LogP) is 1.81. The summed E-state index contributed by atoms with van der Waals surface area (Å²) in [6.07, 6.45) is 6.59. The maximum atomic E-state index is 15.0. The SMILES string of the molecule is O=Cc1cn(C2CCN(c3nc4c(cc3F)c(=O)c(C(=O)O)cn4C3CC3)CC2)nn1. The highest BCUT2D eigenvalue weighted by Crippen LogP contribution is 2.37. The van der Waals surface area contributed by atoms with Crippen LogP contribution < -0.4 is 10.3 Å². The maximum Gasteiger partial charge on any atom is 0.341 e. The Hall–Kier alpha value is -3.63. The molecule has 1 saturated carbocycles. The van der Waals surface area contributed by atoms with Crippen molar-refractivity contribution in [3.63, 3.8) is 0 Å². The van der Waals surface area contributed by atoms with Gasteiger partial charge in [-0.05, 0) is 31.7 Å². The van der Waals surface area contributed by atoms with Gasteiger partial charge in [0.15, 0.2) is 17.9 Å². The van der Waals surface area contributed by atoms with Crippen LogP contribution in [0.1, 0.15) is 58.6 Å². The second-order valence-electron chi connectivity index (χ2n) is 7.94.